The molecule has 0 saturated carbocycles. The fourth-order valence-corrected chi connectivity index (χ4v) is 1.02. The highest BCUT2D eigenvalue weighted by Gasteiger charge is 2.04. The number of nitrogens with zero attached hydrogens (tertiary/aromatic N) is 1. The number of halogens is 2. The van der Waals surface area contributed by atoms with Gasteiger partial charge < -0.3 is 4.74 Å². The Kier molecular flexibility index (Phi) is 3.71. The smallest absolute Gasteiger partial charge is 0.250 e. The lowest BCUT2D eigenvalue weighted by Crippen LogP contribution is -2.00. The van der Waals surface area contributed by atoms with Gasteiger partial charge in [0.2, 0.25) is 5.88 Å². The topological polar surface area (TPSA) is 22.1 Å². The van der Waals surface area contributed by atoms with E-state index in [2.05, 4.69) is 26.8 Å². The van der Waals surface area contributed by atoms with Crippen LogP contribution in [0.25, 0.3) is 0 Å². The van der Waals surface area contributed by atoms with E-state index in [1.165, 1.54) is 12.3 Å². The van der Waals surface area contributed by atoms with Crippen LogP contribution < -0.4 is 4.74 Å². The van der Waals surface area contributed by atoms with E-state index in [-0.39, 0.29) is 12.5 Å². The van der Waals surface area contributed by atoms with Crippen LogP contribution in [0.3, 0.4) is 0 Å². The highest BCUT2D eigenvalue weighted by atomic mass is 79.9. The van der Waals surface area contributed by atoms with Crippen molar-refractivity contribution < 1.29 is 9.13 Å². The Morgan fingerprint density at radius 3 is 3.08 bits per heavy atom. The number of aromatic nitrogens is 1. The minimum Gasteiger partial charge on any atom is -0.475 e. The van der Waals surface area contributed by atoms with Crippen LogP contribution in [-0.2, 0) is 0 Å². The van der Waals surface area contributed by atoms with E-state index in [9.17, 15) is 4.39 Å². The van der Waals surface area contributed by atoms with Gasteiger partial charge in [-0.15, -0.1) is 12.3 Å². The standard InChI is InChI=1S/C9H7BrFNO/c1-2-3-4-13-9-8(11)5-7(10)6-12-9/h1,5-6H,3-4H2. The van der Waals surface area contributed by atoms with E-state index in [4.69, 9.17) is 11.2 Å². The third-order valence-corrected chi connectivity index (χ3v) is 1.69. The number of hydrogen-bond donors (Lipinski definition) is 0. The molecule has 0 aliphatic carbocycles. The number of pyridine rings is 1. The molecule has 13 heavy (non-hydrogen) atoms. The van der Waals surface area contributed by atoms with Gasteiger partial charge in [-0.2, -0.15) is 0 Å². The normalized spacial score (nSPS) is 9.31. The van der Waals surface area contributed by atoms with E-state index >= 15 is 0 Å². The lowest BCUT2D eigenvalue weighted by Gasteiger charge is -2.03. The van der Waals surface area contributed by atoms with Crippen molar-refractivity contribution in [2.75, 3.05) is 6.61 Å². The molecule has 1 aromatic heterocycles. The van der Waals surface area contributed by atoms with Crippen LogP contribution >= 0.6 is 15.9 Å². The Labute approximate surface area is 84.3 Å². The van der Waals surface area contributed by atoms with Crippen LogP contribution in [0.15, 0.2) is 16.7 Å². The molecule has 0 N–H and O–H groups in total. The molecule has 0 fully saturated rings. The zero-order valence-electron chi connectivity index (χ0n) is 6.76. The van der Waals surface area contributed by atoms with Gasteiger partial charge >= 0.3 is 0 Å². The minimum atomic E-state index is -0.494. The lowest BCUT2D eigenvalue weighted by molar-refractivity contribution is 0.296. The van der Waals surface area contributed by atoms with Gasteiger partial charge in [0.15, 0.2) is 5.82 Å². The maximum Gasteiger partial charge on any atom is 0.250 e. The molecule has 0 aliphatic rings. The monoisotopic (exact) mass is 243 g/mol. The molecule has 0 aromatic carbocycles. The van der Waals surface area contributed by atoms with Crippen molar-refractivity contribution in [2.45, 2.75) is 6.42 Å². The number of hydrogen-bond acceptors (Lipinski definition) is 2. The van der Waals surface area contributed by atoms with Gasteiger partial charge in [-0.25, -0.2) is 9.37 Å². The molecule has 0 unspecified atom stereocenters. The number of ether oxygens (including phenoxy) is 1. The van der Waals surface area contributed by atoms with Gasteiger partial charge in [0.05, 0.1) is 0 Å². The highest BCUT2D eigenvalue weighted by molar-refractivity contribution is 9.10. The first-order valence-electron chi connectivity index (χ1n) is 3.61. The molecule has 0 aliphatic heterocycles. The third kappa shape index (κ3) is 3.03. The van der Waals surface area contributed by atoms with Gasteiger partial charge in [-0.1, -0.05) is 0 Å². The predicted octanol–water partition coefficient (Wildman–Crippen LogP) is 2.39. The van der Waals surface area contributed by atoms with Crippen molar-refractivity contribution in [3.8, 4) is 18.2 Å². The maximum absolute atomic E-state index is 13.0. The summed E-state index contributed by atoms with van der Waals surface area (Å²) in [5.74, 6) is 1.87. The lowest BCUT2D eigenvalue weighted by atomic mass is 10.4. The number of rotatable bonds is 3. The minimum absolute atomic E-state index is 0.0153. The second-order valence-electron chi connectivity index (χ2n) is 2.24. The maximum atomic E-state index is 13.0. The van der Waals surface area contributed by atoms with E-state index < -0.39 is 5.82 Å². The summed E-state index contributed by atoms with van der Waals surface area (Å²) in [7, 11) is 0. The predicted molar refractivity (Wildman–Crippen MR) is 50.8 cm³/mol. The first kappa shape index (κ1) is 10.0. The van der Waals surface area contributed by atoms with E-state index in [1.54, 1.807) is 0 Å². The summed E-state index contributed by atoms with van der Waals surface area (Å²) in [4.78, 5) is 3.74. The Balaban J connectivity index is 2.62. The van der Waals surface area contributed by atoms with Crippen LogP contribution in [0.5, 0.6) is 5.88 Å². The Morgan fingerprint density at radius 1 is 1.69 bits per heavy atom. The third-order valence-electron chi connectivity index (χ3n) is 1.26. The number of terminal acetylenes is 1. The average Bonchev–Trinajstić information content (AvgIpc) is 2.09. The van der Waals surface area contributed by atoms with Crippen LogP contribution in [0.4, 0.5) is 4.39 Å². The highest BCUT2D eigenvalue weighted by Crippen LogP contribution is 2.17. The van der Waals surface area contributed by atoms with Gasteiger partial charge in [0, 0.05) is 17.1 Å². The summed E-state index contributed by atoms with van der Waals surface area (Å²) in [5.41, 5.74) is 0. The van der Waals surface area contributed by atoms with Crippen LogP contribution in [0.2, 0.25) is 0 Å². The van der Waals surface area contributed by atoms with Crippen molar-refractivity contribution in [1.29, 1.82) is 0 Å². The summed E-state index contributed by atoms with van der Waals surface area (Å²) in [6, 6.07) is 1.29. The Hall–Kier alpha value is -1.08. The Morgan fingerprint density at radius 2 is 2.46 bits per heavy atom. The Bertz CT molecular complexity index is 335. The van der Waals surface area contributed by atoms with Crippen molar-refractivity contribution in [2.24, 2.45) is 0 Å². The largest absolute Gasteiger partial charge is 0.475 e. The van der Waals surface area contributed by atoms with Gasteiger partial charge in [-0.3, -0.25) is 0 Å². The zero-order chi connectivity index (χ0) is 9.68. The summed E-state index contributed by atoms with van der Waals surface area (Å²) >= 11 is 3.09. The summed E-state index contributed by atoms with van der Waals surface area (Å²) in [6.45, 7) is 0.280. The quantitative estimate of drug-likeness (QED) is 0.601. The fourth-order valence-electron chi connectivity index (χ4n) is 0.715. The molecule has 0 atom stereocenters. The molecule has 0 amide bonds. The molecule has 1 rings (SSSR count). The molecular formula is C9H7BrFNO. The molecule has 2 nitrogen and oxygen atoms in total. The van der Waals surface area contributed by atoms with Crippen molar-refractivity contribution in [3.63, 3.8) is 0 Å². The first-order chi connectivity index (χ1) is 6.24. The molecule has 0 saturated heterocycles. The molecule has 4 heteroatoms. The average molecular weight is 244 g/mol. The summed E-state index contributed by atoms with van der Waals surface area (Å²) < 4.78 is 18.6. The molecular weight excluding hydrogens is 237 g/mol. The van der Waals surface area contributed by atoms with Gasteiger partial charge in [0.25, 0.3) is 0 Å². The molecule has 0 radical (unpaired) electrons. The van der Waals surface area contributed by atoms with Crippen molar-refractivity contribution in [1.82, 2.24) is 4.98 Å². The molecule has 0 spiro atoms. The summed E-state index contributed by atoms with van der Waals surface area (Å²) in [5, 5.41) is 0. The molecule has 1 heterocycles. The SMILES string of the molecule is C#CCCOc1ncc(Br)cc1F. The molecule has 1 aromatic rings. The van der Waals surface area contributed by atoms with Crippen molar-refractivity contribution >= 4 is 15.9 Å². The van der Waals surface area contributed by atoms with E-state index in [1.807, 2.05) is 0 Å². The van der Waals surface area contributed by atoms with Crippen molar-refractivity contribution in [3.05, 3.63) is 22.6 Å². The first-order valence-corrected chi connectivity index (χ1v) is 4.40. The fraction of sp³-hybridized carbons (Fsp3) is 0.222. The van der Waals surface area contributed by atoms with Gasteiger partial charge in [-0.05, 0) is 22.0 Å². The second-order valence-corrected chi connectivity index (χ2v) is 3.16. The van der Waals surface area contributed by atoms with E-state index in [0.29, 0.717) is 10.9 Å². The van der Waals surface area contributed by atoms with Crippen LogP contribution in [-0.4, -0.2) is 11.6 Å². The second kappa shape index (κ2) is 4.83. The molecule has 0 bridgehead atoms. The van der Waals surface area contributed by atoms with Crippen LogP contribution in [0.1, 0.15) is 6.42 Å². The summed E-state index contributed by atoms with van der Waals surface area (Å²) in [6.07, 6.45) is 6.91. The van der Waals surface area contributed by atoms with Crippen LogP contribution in [0, 0.1) is 18.2 Å². The molecule has 68 valence electrons. The van der Waals surface area contributed by atoms with Gasteiger partial charge in [0.1, 0.15) is 6.61 Å². The van der Waals surface area contributed by atoms with E-state index in [0.717, 1.165) is 0 Å². The zero-order valence-corrected chi connectivity index (χ0v) is 8.34.